The van der Waals surface area contributed by atoms with Crippen LogP contribution in [0.3, 0.4) is 0 Å². The molecule has 2 aromatic heterocycles. The van der Waals surface area contributed by atoms with Gasteiger partial charge in [-0.05, 0) is 35.2 Å². The Bertz CT molecular complexity index is 1290. The molecule has 3 amide bonds. The van der Waals surface area contributed by atoms with Gasteiger partial charge >= 0.3 is 12.1 Å². The maximum absolute atomic E-state index is 13.7. The zero-order valence-electron chi connectivity index (χ0n) is 19.0. The maximum atomic E-state index is 13.7. The van der Waals surface area contributed by atoms with Gasteiger partial charge in [0.15, 0.2) is 0 Å². The van der Waals surface area contributed by atoms with Crippen molar-refractivity contribution in [3.63, 3.8) is 0 Å². The smallest absolute Gasteiger partial charge is 0.418 e. The molecule has 9 nitrogen and oxygen atoms in total. The third-order valence-electron chi connectivity index (χ3n) is 4.83. The van der Waals surface area contributed by atoms with Crippen molar-refractivity contribution in [3.8, 4) is 5.75 Å². The Morgan fingerprint density at radius 2 is 1.73 bits per heavy atom. The summed E-state index contributed by atoms with van der Waals surface area (Å²) in [6, 6.07) is 8.13. The van der Waals surface area contributed by atoms with Gasteiger partial charge < -0.3 is 25.8 Å². The van der Waals surface area contributed by atoms with Gasteiger partial charge in [-0.2, -0.15) is 13.2 Å². The van der Waals surface area contributed by atoms with Crippen molar-refractivity contribution in [2.24, 2.45) is 0 Å². The van der Waals surface area contributed by atoms with Gasteiger partial charge in [-0.15, -0.1) is 22.7 Å². The Balaban J connectivity index is 1.76. The molecule has 0 radical (unpaired) electrons. The average molecular weight is 556 g/mol. The third kappa shape index (κ3) is 7.30. The van der Waals surface area contributed by atoms with E-state index in [1.54, 1.807) is 17.5 Å². The molecule has 1 unspecified atom stereocenters. The van der Waals surface area contributed by atoms with Gasteiger partial charge in [-0.1, -0.05) is 18.2 Å². The first-order valence-corrected chi connectivity index (χ1v) is 12.2. The Labute approximate surface area is 216 Å². The summed E-state index contributed by atoms with van der Waals surface area (Å²) in [4.78, 5) is 48.7. The lowest BCUT2D eigenvalue weighted by atomic mass is 10.2. The minimum Gasteiger partial charge on any atom is -0.508 e. The van der Waals surface area contributed by atoms with E-state index in [0.717, 1.165) is 18.4 Å². The van der Waals surface area contributed by atoms with Gasteiger partial charge in [0.1, 0.15) is 16.7 Å². The molecule has 196 valence electrons. The number of esters is 1. The molecule has 2 heterocycles. The molecule has 0 aliphatic carbocycles. The third-order valence-corrected chi connectivity index (χ3v) is 6.84. The van der Waals surface area contributed by atoms with Crippen molar-refractivity contribution in [1.29, 1.82) is 0 Å². The number of rotatable bonds is 9. The number of thiophene rings is 2. The number of halogens is 3. The van der Waals surface area contributed by atoms with Crippen molar-refractivity contribution >= 4 is 46.4 Å². The summed E-state index contributed by atoms with van der Waals surface area (Å²) in [7, 11) is 1.02. The first-order chi connectivity index (χ1) is 17.5. The predicted octanol–water partition coefficient (Wildman–Crippen LogP) is 3.17. The number of benzene rings is 1. The first-order valence-electron chi connectivity index (χ1n) is 10.5. The van der Waals surface area contributed by atoms with Crippen LogP contribution in [-0.2, 0) is 22.3 Å². The molecule has 0 spiro atoms. The van der Waals surface area contributed by atoms with Gasteiger partial charge in [0.25, 0.3) is 17.7 Å². The van der Waals surface area contributed by atoms with Crippen molar-refractivity contribution in [2.75, 3.05) is 13.7 Å². The number of methoxy groups -OCH3 is 1. The van der Waals surface area contributed by atoms with E-state index in [9.17, 15) is 37.5 Å². The normalized spacial score (nSPS) is 11.9. The molecule has 0 aliphatic heterocycles. The number of phenolic OH excluding ortho intramolecular Hbond substituents is 1. The number of carbonyl (C=O) groups is 4. The van der Waals surface area contributed by atoms with E-state index < -0.39 is 57.8 Å². The van der Waals surface area contributed by atoms with Gasteiger partial charge in [0.05, 0.1) is 22.4 Å². The van der Waals surface area contributed by atoms with Crippen LogP contribution < -0.4 is 16.0 Å². The molecule has 0 bridgehead atoms. The van der Waals surface area contributed by atoms with E-state index in [4.69, 9.17) is 0 Å². The largest absolute Gasteiger partial charge is 0.508 e. The lowest BCUT2D eigenvalue weighted by Crippen LogP contribution is -2.49. The topological polar surface area (TPSA) is 134 Å². The molecule has 14 heteroatoms. The summed E-state index contributed by atoms with van der Waals surface area (Å²) < 4.78 is 45.6. The van der Waals surface area contributed by atoms with Crippen LogP contribution in [0, 0.1) is 0 Å². The molecule has 3 rings (SSSR count). The molecule has 0 saturated heterocycles. The number of nitrogens with one attached hydrogen (secondary N) is 3. The number of amides is 3. The molecule has 4 N–H and O–H groups in total. The highest BCUT2D eigenvalue weighted by Crippen LogP contribution is 2.37. The summed E-state index contributed by atoms with van der Waals surface area (Å²) in [6.45, 7) is -0.526. The zero-order chi connectivity index (χ0) is 27.2. The molecule has 0 saturated carbocycles. The van der Waals surface area contributed by atoms with Crippen LogP contribution >= 0.6 is 22.7 Å². The van der Waals surface area contributed by atoms with Crippen molar-refractivity contribution in [2.45, 2.75) is 18.8 Å². The van der Waals surface area contributed by atoms with Gasteiger partial charge in [-0.25, -0.2) is 4.79 Å². The van der Waals surface area contributed by atoms with E-state index in [-0.39, 0.29) is 12.3 Å². The minimum absolute atomic E-state index is 0.0482. The summed E-state index contributed by atoms with van der Waals surface area (Å²) in [5.74, 6) is -3.73. The van der Waals surface area contributed by atoms with E-state index in [1.165, 1.54) is 24.3 Å². The van der Waals surface area contributed by atoms with Crippen LogP contribution in [0.25, 0.3) is 0 Å². The van der Waals surface area contributed by atoms with E-state index in [2.05, 4.69) is 20.7 Å². The van der Waals surface area contributed by atoms with Crippen LogP contribution in [0.5, 0.6) is 5.75 Å². The summed E-state index contributed by atoms with van der Waals surface area (Å²) in [5.41, 5.74) is -0.854. The van der Waals surface area contributed by atoms with E-state index in [0.29, 0.717) is 27.8 Å². The summed E-state index contributed by atoms with van der Waals surface area (Å²) in [6.07, 6.45) is -4.97. The quantitative estimate of drug-likeness (QED) is 0.300. The molecular weight excluding hydrogens is 535 g/mol. The van der Waals surface area contributed by atoms with Gasteiger partial charge in [-0.3, -0.25) is 14.4 Å². The maximum Gasteiger partial charge on any atom is 0.418 e. The Kier molecular flexibility index (Phi) is 8.89. The van der Waals surface area contributed by atoms with Crippen molar-refractivity contribution < 1.29 is 42.2 Å². The number of alkyl halides is 3. The van der Waals surface area contributed by atoms with Crippen LogP contribution in [0.15, 0.2) is 47.8 Å². The summed E-state index contributed by atoms with van der Waals surface area (Å²) >= 11 is 1.43. The number of carbonyl (C=O) groups excluding carboxylic acids is 4. The van der Waals surface area contributed by atoms with Gasteiger partial charge in [0, 0.05) is 13.1 Å². The monoisotopic (exact) mass is 555 g/mol. The first kappa shape index (κ1) is 27.7. The Hall–Kier alpha value is -3.91. The number of aromatic hydroxyl groups is 1. The highest BCUT2D eigenvalue weighted by molar-refractivity contribution is 7.16. The second-order valence-corrected chi connectivity index (χ2v) is 9.44. The fourth-order valence-corrected chi connectivity index (χ4v) is 4.70. The Morgan fingerprint density at radius 1 is 1.00 bits per heavy atom. The van der Waals surface area contributed by atoms with Crippen molar-refractivity contribution in [3.05, 3.63) is 73.6 Å². The number of hydrogen-bond donors (Lipinski definition) is 4. The van der Waals surface area contributed by atoms with Gasteiger partial charge in [0.2, 0.25) is 0 Å². The molecular formula is C23H20F3N3O6S2. The number of phenols is 1. The Morgan fingerprint density at radius 3 is 2.35 bits per heavy atom. The highest BCUT2D eigenvalue weighted by Gasteiger charge is 2.39. The zero-order valence-corrected chi connectivity index (χ0v) is 20.7. The van der Waals surface area contributed by atoms with Crippen LogP contribution in [0.2, 0.25) is 0 Å². The molecule has 3 aromatic rings. The molecule has 0 fully saturated rings. The lowest BCUT2D eigenvalue weighted by molar-refractivity contribution is -0.142. The van der Waals surface area contributed by atoms with Crippen LogP contribution in [0.1, 0.15) is 40.1 Å². The number of ether oxygens (including phenoxy) is 1. The van der Waals surface area contributed by atoms with Crippen LogP contribution in [-0.4, -0.2) is 48.5 Å². The molecule has 1 atom stereocenters. The molecule has 0 aliphatic rings. The van der Waals surface area contributed by atoms with E-state index in [1.807, 2.05) is 0 Å². The molecule has 1 aromatic carbocycles. The molecule has 37 heavy (non-hydrogen) atoms. The fourth-order valence-electron chi connectivity index (χ4n) is 3.07. The standard InChI is InChI=1S/C23H20F3N3O6S2/c1-35-22(34)15(11-28-19(31)16-6-3-7-36-16)29-21(33)18-14(23(24,25)26)9-17(37-18)20(32)27-10-12-4-2-5-13(30)8-12/h2-9,15,30H,10-11H2,1H3,(H,27,32)(H,28,31)(H,29,33). The van der Waals surface area contributed by atoms with Crippen molar-refractivity contribution in [1.82, 2.24) is 16.0 Å². The minimum atomic E-state index is -4.97. The predicted molar refractivity (Wildman–Crippen MR) is 129 cm³/mol. The number of hydrogen-bond acceptors (Lipinski definition) is 8. The highest BCUT2D eigenvalue weighted by atomic mass is 32.1. The second kappa shape index (κ2) is 11.9. The summed E-state index contributed by atoms with van der Waals surface area (Å²) in [5, 5.41) is 18.1. The lowest BCUT2D eigenvalue weighted by Gasteiger charge is -2.17. The van der Waals surface area contributed by atoms with E-state index >= 15 is 0 Å². The fraction of sp³-hybridized carbons (Fsp3) is 0.217. The van der Waals surface area contributed by atoms with Crippen LogP contribution in [0.4, 0.5) is 13.2 Å². The average Bonchev–Trinajstić information content (AvgIpc) is 3.55. The SMILES string of the molecule is COC(=O)C(CNC(=O)c1cccs1)NC(=O)c1sc(C(=O)NCc2cccc(O)c2)cc1C(F)(F)F. The second-order valence-electron chi connectivity index (χ2n) is 7.44.